The average Bonchev–Trinajstić information content (AvgIpc) is 2.39. The fourth-order valence-corrected chi connectivity index (χ4v) is 2.12. The van der Waals surface area contributed by atoms with Gasteiger partial charge in [0.1, 0.15) is 0 Å². The van der Waals surface area contributed by atoms with E-state index >= 15 is 0 Å². The van der Waals surface area contributed by atoms with Crippen LogP contribution in [0, 0.1) is 0 Å². The van der Waals surface area contributed by atoms with Crippen LogP contribution in [0.5, 0.6) is 0 Å². The molecule has 0 aliphatic carbocycles. The quantitative estimate of drug-likeness (QED) is 0.876. The minimum Gasteiger partial charge on any atom is -0.370 e. The van der Waals surface area contributed by atoms with Gasteiger partial charge in [-0.15, -0.1) is 0 Å². The molecule has 2 rings (SSSR count). The number of para-hydroxylation sites is 1. The van der Waals surface area contributed by atoms with Crippen molar-refractivity contribution in [1.82, 2.24) is 4.98 Å². The number of hydrogen-bond acceptors (Lipinski definition) is 3. The molecule has 2 aromatic rings. The second-order valence-electron chi connectivity index (χ2n) is 4.07. The van der Waals surface area contributed by atoms with Crippen molar-refractivity contribution in [2.45, 2.75) is 20.4 Å². The van der Waals surface area contributed by atoms with E-state index in [2.05, 4.69) is 48.0 Å². The van der Waals surface area contributed by atoms with Crippen molar-refractivity contribution in [1.29, 1.82) is 0 Å². The van der Waals surface area contributed by atoms with Gasteiger partial charge in [-0.25, -0.2) is 0 Å². The van der Waals surface area contributed by atoms with Gasteiger partial charge in [-0.2, -0.15) is 0 Å². The number of hydrogen-bond donors (Lipinski definition) is 1. The number of fused-ring (bicyclic) bond motifs is 1. The van der Waals surface area contributed by atoms with Gasteiger partial charge in [0.2, 0.25) is 0 Å². The van der Waals surface area contributed by atoms with Crippen LogP contribution in [-0.4, -0.2) is 18.1 Å². The Bertz CT molecular complexity index is 504. The molecule has 2 N–H and O–H groups in total. The van der Waals surface area contributed by atoms with E-state index in [1.54, 1.807) is 0 Å². The molecule has 3 heteroatoms. The Balaban J connectivity index is 2.57. The molecule has 0 radical (unpaired) electrons. The number of nitrogens with zero attached hydrogens (tertiary/aromatic N) is 2. The van der Waals surface area contributed by atoms with E-state index in [-0.39, 0.29) is 0 Å². The Hall–Kier alpha value is -1.61. The predicted molar refractivity (Wildman–Crippen MR) is 73.2 cm³/mol. The molecule has 1 aromatic carbocycles. The highest BCUT2D eigenvalue weighted by Crippen LogP contribution is 2.25. The third-order valence-electron chi connectivity index (χ3n) is 3.09. The molecule has 0 saturated carbocycles. The van der Waals surface area contributed by atoms with Gasteiger partial charge in [0.25, 0.3) is 0 Å². The molecule has 0 saturated heterocycles. The molecule has 0 aliphatic rings. The first-order valence-electron chi connectivity index (χ1n) is 6.12. The molecule has 0 spiro atoms. The number of benzene rings is 1. The van der Waals surface area contributed by atoms with Crippen LogP contribution < -0.4 is 10.6 Å². The Kier molecular flexibility index (Phi) is 3.59. The van der Waals surface area contributed by atoms with Crippen molar-refractivity contribution < 1.29 is 0 Å². The van der Waals surface area contributed by atoms with Gasteiger partial charge >= 0.3 is 0 Å². The highest BCUT2D eigenvalue weighted by molar-refractivity contribution is 5.91. The summed E-state index contributed by atoms with van der Waals surface area (Å²) in [6.45, 7) is 6.86. The third kappa shape index (κ3) is 2.24. The summed E-state index contributed by atoms with van der Waals surface area (Å²) in [5.41, 5.74) is 8.99. The van der Waals surface area contributed by atoms with Gasteiger partial charge in [-0.3, -0.25) is 4.98 Å². The lowest BCUT2D eigenvalue weighted by molar-refractivity contribution is 0.869. The fourth-order valence-electron chi connectivity index (χ4n) is 2.12. The molecule has 0 atom stereocenters. The monoisotopic (exact) mass is 229 g/mol. The van der Waals surface area contributed by atoms with E-state index < -0.39 is 0 Å². The Labute approximate surface area is 102 Å². The maximum absolute atomic E-state index is 5.64. The molecule has 1 heterocycles. The van der Waals surface area contributed by atoms with E-state index in [1.807, 2.05) is 6.20 Å². The highest BCUT2D eigenvalue weighted by atomic mass is 15.1. The molecule has 90 valence electrons. The Morgan fingerprint density at radius 2 is 2.00 bits per heavy atom. The topological polar surface area (TPSA) is 42.1 Å². The first-order valence-corrected chi connectivity index (χ1v) is 6.12. The van der Waals surface area contributed by atoms with Crippen molar-refractivity contribution in [3.63, 3.8) is 0 Å². The predicted octanol–water partition coefficient (Wildman–Crippen LogP) is 2.54. The molecule has 0 aliphatic heterocycles. The van der Waals surface area contributed by atoms with Crippen molar-refractivity contribution in [2.75, 3.05) is 18.0 Å². The highest BCUT2D eigenvalue weighted by Gasteiger charge is 2.07. The van der Waals surface area contributed by atoms with Crippen molar-refractivity contribution in [3.05, 3.63) is 36.0 Å². The SMILES string of the molecule is CCN(CC)c1cccc2cc(CN)cnc12. The number of pyridine rings is 1. The van der Waals surface area contributed by atoms with Crippen LogP contribution in [0.2, 0.25) is 0 Å². The molecule has 0 unspecified atom stereocenters. The molecule has 1 aromatic heterocycles. The van der Waals surface area contributed by atoms with E-state index in [1.165, 1.54) is 5.69 Å². The minimum atomic E-state index is 0.540. The van der Waals surface area contributed by atoms with Gasteiger partial charge in [-0.1, -0.05) is 12.1 Å². The van der Waals surface area contributed by atoms with Gasteiger partial charge in [0.05, 0.1) is 11.2 Å². The van der Waals surface area contributed by atoms with Gasteiger partial charge in [0.15, 0.2) is 0 Å². The summed E-state index contributed by atoms with van der Waals surface area (Å²) in [6.07, 6.45) is 1.87. The van der Waals surface area contributed by atoms with E-state index in [0.29, 0.717) is 6.54 Å². The summed E-state index contributed by atoms with van der Waals surface area (Å²) in [4.78, 5) is 6.86. The van der Waals surface area contributed by atoms with Crippen molar-refractivity contribution >= 4 is 16.6 Å². The van der Waals surface area contributed by atoms with Gasteiger partial charge in [-0.05, 0) is 31.5 Å². The number of nitrogens with two attached hydrogens (primary N) is 1. The zero-order valence-electron chi connectivity index (χ0n) is 10.5. The van der Waals surface area contributed by atoms with Crippen LogP contribution in [0.4, 0.5) is 5.69 Å². The Morgan fingerprint density at radius 1 is 1.24 bits per heavy atom. The zero-order chi connectivity index (χ0) is 12.3. The van der Waals surface area contributed by atoms with Crippen LogP contribution in [0.25, 0.3) is 10.9 Å². The number of rotatable bonds is 4. The molecular weight excluding hydrogens is 210 g/mol. The summed E-state index contributed by atoms with van der Waals surface area (Å²) in [6, 6.07) is 8.42. The van der Waals surface area contributed by atoms with Crippen molar-refractivity contribution in [3.8, 4) is 0 Å². The standard InChI is InChI=1S/C14H19N3/c1-3-17(4-2)13-7-5-6-12-8-11(9-15)10-16-14(12)13/h5-8,10H,3-4,9,15H2,1-2H3. The molecule has 0 amide bonds. The van der Waals surface area contributed by atoms with Gasteiger partial charge in [0, 0.05) is 31.2 Å². The summed E-state index contributed by atoms with van der Waals surface area (Å²) in [7, 11) is 0. The Morgan fingerprint density at radius 3 is 2.65 bits per heavy atom. The lowest BCUT2D eigenvalue weighted by Crippen LogP contribution is -2.22. The largest absolute Gasteiger partial charge is 0.370 e. The first-order chi connectivity index (χ1) is 8.30. The molecule has 17 heavy (non-hydrogen) atoms. The van der Waals surface area contributed by atoms with Crippen molar-refractivity contribution in [2.24, 2.45) is 5.73 Å². The van der Waals surface area contributed by atoms with E-state index in [4.69, 9.17) is 5.73 Å². The van der Waals surface area contributed by atoms with Gasteiger partial charge < -0.3 is 10.6 Å². The molecule has 0 fully saturated rings. The summed E-state index contributed by atoms with van der Waals surface area (Å²) < 4.78 is 0. The van der Waals surface area contributed by atoms with Crippen LogP contribution in [0.1, 0.15) is 19.4 Å². The minimum absolute atomic E-state index is 0.540. The number of anilines is 1. The maximum Gasteiger partial charge on any atom is 0.0935 e. The molecule has 0 bridgehead atoms. The third-order valence-corrected chi connectivity index (χ3v) is 3.09. The smallest absolute Gasteiger partial charge is 0.0935 e. The lowest BCUT2D eigenvalue weighted by atomic mass is 10.1. The van der Waals surface area contributed by atoms with Crippen LogP contribution in [-0.2, 0) is 6.54 Å². The maximum atomic E-state index is 5.64. The average molecular weight is 229 g/mol. The second-order valence-corrected chi connectivity index (χ2v) is 4.07. The zero-order valence-corrected chi connectivity index (χ0v) is 10.5. The summed E-state index contributed by atoms with van der Waals surface area (Å²) >= 11 is 0. The first kappa shape index (κ1) is 11.9. The van der Waals surface area contributed by atoms with E-state index in [9.17, 15) is 0 Å². The number of aromatic nitrogens is 1. The van der Waals surface area contributed by atoms with Crippen LogP contribution >= 0.6 is 0 Å². The van der Waals surface area contributed by atoms with Crippen LogP contribution in [0.3, 0.4) is 0 Å². The summed E-state index contributed by atoms with van der Waals surface area (Å²) in [5, 5.41) is 1.16. The van der Waals surface area contributed by atoms with E-state index in [0.717, 1.165) is 29.6 Å². The summed E-state index contributed by atoms with van der Waals surface area (Å²) in [5.74, 6) is 0. The lowest BCUT2D eigenvalue weighted by Gasteiger charge is -2.22. The fraction of sp³-hybridized carbons (Fsp3) is 0.357. The molecule has 3 nitrogen and oxygen atoms in total. The molecular formula is C14H19N3. The van der Waals surface area contributed by atoms with Crippen LogP contribution in [0.15, 0.2) is 30.5 Å². The normalized spacial score (nSPS) is 10.8. The second kappa shape index (κ2) is 5.15.